The summed E-state index contributed by atoms with van der Waals surface area (Å²) in [4.78, 5) is 16.8. The van der Waals surface area contributed by atoms with Gasteiger partial charge >= 0.3 is 0 Å². The van der Waals surface area contributed by atoms with Crippen LogP contribution in [0.2, 0.25) is 0 Å². The van der Waals surface area contributed by atoms with Crippen LogP contribution in [-0.2, 0) is 0 Å². The number of H-pyrrole nitrogens is 1. The highest BCUT2D eigenvalue weighted by Crippen LogP contribution is 2.41. The minimum absolute atomic E-state index is 0.0300. The number of amides is 1. The van der Waals surface area contributed by atoms with Crippen LogP contribution in [0.3, 0.4) is 0 Å². The standard InChI is InChI=1S/C20H20N4O2/c1-26-17-10-8-14(9-11-17)18(13-2-3-13)23-20(25)16-6-4-15(5-7-16)19-21-12-22-24-19/h4-13,18H,2-3H2,1H3,(H,23,25)(H,21,22,24). The maximum Gasteiger partial charge on any atom is 0.251 e. The molecule has 4 rings (SSSR count). The van der Waals surface area contributed by atoms with Crippen LogP contribution in [0, 0.1) is 5.92 Å². The van der Waals surface area contributed by atoms with Crippen molar-refractivity contribution in [2.75, 3.05) is 7.11 Å². The molecule has 1 aliphatic rings. The molecule has 0 saturated heterocycles. The molecule has 1 atom stereocenters. The third-order valence-corrected chi connectivity index (χ3v) is 4.69. The molecule has 3 aromatic rings. The third-order valence-electron chi connectivity index (χ3n) is 4.69. The van der Waals surface area contributed by atoms with Gasteiger partial charge in [-0.25, -0.2) is 4.98 Å². The van der Waals surface area contributed by atoms with Crippen LogP contribution < -0.4 is 10.1 Å². The Labute approximate surface area is 151 Å². The van der Waals surface area contributed by atoms with E-state index in [0.717, 1.165) is 29.7 Å². The van der Waals surface area contributed by atoms with Crippen molar-refractivity contribution >= 4 is 5.91 Å². The number of hydrogen-bond donors (Lipinski definition) is 2. The van der Waals surface area contributed by atoms with Crippen LogP contribution in [0.25, 0.3) is 11.4 Å². The van der Waals surface area contributed by atoms with Crippen molar-refractivity contribution in [3.8, 4) is 17.1 Å². The van der Waals surface area contributed by atoms with E-state index in [1.54, 1.807) is 7.11 Å². The zero-order valence-electron chi connectivity index (χ0n) is 14.5. The van der Waals surface area contributed by atoms with Gasteiger partial charge in [0.05, 0.1) is 13.2 Å². The zero-order valence-corrected chi connectivity index (χ0v) is 14.5. The summed E-state index contributed by atoms with van der Waals surface area (Å²) in [5.74, 6) is 1.94. The molecule has 0 aliphatic heterocycles. The highest BCUT2D eigenvalue weighted by Gasteiger charge is 2.33. The zero-order chi connectivity index (χ0) is 17.9. The fraction of sp³-hybridized carbons (Fsp3) is 0.250. The van der Waals surface area contributed by atoms with E-state index in [9.17, 15) is 4.79 Å². The molecule has 1 aromatic heterocycles. The first kappa shape index (κ1) is 16.3. The minimum Gasteiger partial charge on any atom is -0.497 e. The predicted molar refractivity (Wildman–Crippen MR) is 97.7 cm³/mol. The highest BCUT2D eigenvalue weighted by atomic mass is 16.5. The van der Waals surface area contributed by atoms with Crippen molar-refractivity contribution in [2.45, 2.75) is 18.9 Å². The molecule has 0 bridgehead atoms. The van der Waals surface area contributed by atoms with E-state index in [1.807, 2.05) is 48.5 Å². The first-order valence-corrected chi connectivity index (χ1v) is 8.65. The van der Waals surface area contributed by atoms with E-state index >= 15 is 0 Å². The van der Waals surface area contributed by atoms with E-state index in [-0.39, 0.29) is 11.9 Å². The van der Waals surface area contributed by atoms with Crippen molar-refractivity contribution in [1.82, 2.24) is 20.5 Å². The number of benzene rings is 2. The Morgan fingerprint density at radius 3 is 2.46 bits per heavy atom. The smallest absolute Gasteiger partial charge is 0.251 e. The molecule has 1 unspecified atom stereocenters. The number of rotatable bonds is 6. The number of methoxy groups -OCH3 is 1. The van der Waals surface area contributed by atoms with Crippen LogP contribution in [0.5, 0.6) is 5.75 Å². The first-order valence-electron chi connectivity index (χ1n) is 8.65. The summed E-state index contributed by atoms with van der Waals surface area (Å²) >= 11 is 0. The lowest BCUT2D eigenvalue weighted by Gasteiger charge is -2.19. The summed E-state index contributed by atoms with van der Waals surface area (Å²) in [5.41, 5.74) is 2.64. The molecular weight excluding hydrogens is 328 g/mol. The van der Waals surface area contributed by atoms with Crippen molar-refractivity contribution in [1.29, 1.82) is 0 Å². The van der Waals surface area contributed by atoms with E-state index in [1.165, 1.54) is 6.33 Å². The van der Waals surface area contributed by atoms with E-state index < -0.39 is 0 Å². The number of ether oxygens (including phenoxy) is 1. The van der Waals surface area contributed by atoms with E-state index in [0.29, 0.717) is 17.3 Å². The molecule has 6 heteroatoms. The highest BCUT2D eigenvalue weighted by molar-refractivity contribution is 5.94. The number of nitrogens with zero attached hydrogens (tertiary/aromatic N) is 2. The fourth-order valence-corrected chi connectivity index (χ4v) is 3.06. The summed E-state index contributed by atoms with van der Waals surface area (Å²) in [6, 6.07) is 15.3. The monoisotopic (exact) mass is 348 g/mol. The van der Waals surface area contributed by atoms with Gasteiger partial charge in [0.2, 0.25) is 0 Å². The molecule has 2 aromatic carbocycles. The fourth-order valence-electron chi connectivity index (χ4n) is 3.06. The van der Waals surface area contributed by atoms with E-state index in [2.05, 4.69) is 20.5 Å². The van der Waals surface area contributed by atoms with Crippen molar-refractivity contribution < 1.29 is 9.53 Å². The molecule has 0 radical (unpaired) electrons. The number of carbonyl (C=O) groups excluding carboxylic acids is 1. The van der Waals surface area contributed by atoms with Crippen LogP contribution >= 0.6 is 0 Å². The normalized spacial score (nSPS) is 14.7. The molecular formula is C20H20N4O2. The Morgan fingerprint density at radius 2 is 1.88 bits per heavy atom. The summed E-state index contributed by atoms with van der Waals surface area (Å²) < 4.78 is 5.22. The molecule has 26 heavy (non-hydrogen) atoms. The largest absolute Gasteiger partial charge is 0.497 e. The Balaban J connectivity index is 1.49. The maximum atomic E-state index is 12.7. The minimum atomic E-state index is -0.0677. The average Bonchev–Trinajstić information content (AvgIpc) is 3.39. The Bertz CT molecular complexity index is 869. The molecule has 1 fully saturated rings. The maximum absolute atomic E-state index is 12.7. The first-order chi connectivity index (χ1) is 12.7. The number of carbonyl (C=O) groups is 1. The molecule has 2 N–H and O–H groups in total. The van der Waals surface area contributed by atoms with Gasteiger partial charge in [-0.2, -0.15) is 5.10 Å². The van der Waals surface area contributed by atoms with Crippen LogP contribution in [0.1, 0.15) is 34.8 Å². The lowest BCUT2D eigenvalue weighted by molar-refractivity contribution is 0.0931. The summed E-state index contributed by atoms with van der Waals surface area (Å²) in [6.07, 6.45) is 3.74. The second kappa shape index (κ2) is 7.00. The predicted octanol–water partition coefficient (Wildman–Crippen LogP) is 3.36. The lowest BCUT2D eigenvalue weighted by Crippen LogP contribution is -2.29. The second-order valence-electron chi connectivity index (χ2n) is 6.47. The Hall–Kier alpha value is -3.15. The van der Waals surface area contributed by atoms with Crippen molar-refractivity contribution in [3.05, 3.63) is 66.0 Å². The SMILES string of the molecule is COc1ccc(C(NC(=O)c2ccc(-c3ncn[nH]3)cc2)C2CC2)cc1. The molecule has 1 saturated carbocycles. The van der Waals surface area contributed by atoms with Crippen LogP contribution in [0.4, 0.5) is 0 Å². The molecule has 6 nitrogen and oxygen atoms in total. The van der Waals surface area contributed by atoms with Crippen molar-refractivity contribution in [3.63, 3.8) is 0 Å². The number of hydrogen-bond acceptors (Lipinski definition) is 4. The molecule has 1 heterocycles. The van der Waals surface area contributed by atoms with Gasteiger partial charge in [-0.1, -0.05) is 24.3 Å². The average molecular weight is 348 g/mol. The molecule has 1 aliphatic carbocycles. The van der Waals surface area contributed by atoms with Gasteiger partial charge in [0, 0.05) is 11.1 Å². The second-order valence-corrected chi connectivity index (χ2v) is 6.47. The number of aromatic amines is 1. The van der Waals surface area contributed by atoms with Crippen LogP contribution in [0.15, 0.2) is 54.9 Å². The van der Waals surface area contributed by atoms with Crippen molar-refractivity contribution in [2.24, 2.45) is 5.92 Å². The van der Waals surface area contributed by atoms with Gasteiger partial charge in [0.25, 0.3) is 5.91 Å². The Kier molecular flexibility index (Phi) is 4.39. The third kappa shape index (κ3) is 3.44. The quantitative estimate of drug-likeness (QED) is 0.716. The summed E-state index contributed by atoms with van der Waals surface area (Å²) in [6.45, 7) is 0. The van der Waals surface area contributed by atoms with Gasteiger partial charge in [-0.05, 0) is 48.6 Å². The summed E-state index contributed by atoms with van der Waals surface area (Å²) in [5, 5.41) is 9.85. The van der Waals surface area contributed by atoms with E-state index in [4.69, 9.17) is 4.74 Å². The molecule has 132 valence electrons. The molecule has 1 amide bonds. The van der Waals surface area contributed by atoms with Gasteiger partial charge < -0.3 is 10.1 Å². The lowest BCUT2D eigenvalue weighted by atomic mass is 10.0. The van der Waals surface area contributed by atoms with Gasteiger partial charge in [0.15, 0.2) is 5.82 Å². The topological polar surface area (TPSA) is 79.9 Å². The van der Waals surface area contributed by atoms with Crippen LogP contribution in [-0.4, -0.2) is 28.2 Å². The number of nitrogens with one attached hydrogen (secondary N) is 2. The summed E-state index contributed by atoms with van der Waals surface area (Å²) in [7, 11) is 1.65. The molecule has 0 spiro atoms. The number of aromatic nitrogens is 3. The van der Waals surface area contributed by atoms with Gasteiger partial charge in [-0.15, -0.1) is 0 Å². The Morgan fingerprint density at radius 1 is 1.15 bits per heavy atom. The van der Waals surface area contributed by atoms with Gasteiger partial charge in [-0.3, -0.25) is 9.89 Å². The van der Waals surface area contributed by atoms with Gasteiger partial charge in [0.1, 0.15) is 12.1 Å².